The van der Waals surface area contributed by atoms with E-state index in [1.807, 2.05) is 19.1 Å². The largest absolute Gasteiger partial charge is 0.469 e. The maximum atomic E-state index is 12.0. The first-order chi connectivity index (χ1) is 9.06. The zero-order valence-corrected chi connectivity index (χ0v) is 11.1. The molecule has 100 valence electrons. The number of halogens is 1. The van der Waals surface area contributed by atoms with Crippen molar-refractivity contribution in [2.75, 3.05) is 5.73 Å². The molecule has 1 amide bonds. The van der Waals surface area contributed by atoms with Gasteiger partial charge in [-0.05, 0) is 25.1 Å². The molecule has 19 heavy (non-hydrogen) atoms. The number of carbonyl (C=O) groups excluding carboxylic acids is 1. The van der Waals surface area contributed by atoms with Crippen molar-refractivity contribution in [1.29, 1.82) is 0 Å². The fraction of sp³-hybridized carbons (Fsp3) is 0.231. The Kier molecular flexibility index (Phi) is 4.06. The molecular formula is C13H14ClN3O2. The molecule has 5 nitrogen and oxygen atoms in total. The van der Waals surface area contributed by atoms with E-state index in [1.165, 1.54) is 12.3 Å². The van der Waals surface area contributed by atoms with Crippen LogP contribution in [0.25, 0.3) is 0 Å². The van der Waals surface area contributed by atoms with Gasteiger partial charge < -0.3 is 15.5 Å². The molecule has 1 unspecified atom stereocenters. The standard InChI is InChI=1S/C13H14ClN3O2/c1-8(5-10-3-2-4-19-10)17-13(18)9-6-11(14)12(15)16-7-9/h2-4,6-8H,5H2,1H3,(H2,15,16)(H,17,18). The number of aromatic nitrogens is 1. The molecule has 2 aromatic rings. The molecule has 6 heteroatoms. The van der Waals surface area contributed by atoms with Crippen LogP contribution in [0.4, 0.5) is 5.82 Å². The van der Waals surface area contributed by atoms with Crippen LogP contribution in [0.15, 0.2) is 35.1 Å². The van der Waals surface area contributed by atoms with E-state index in [9.17, 15) is 4.79 Å². The first-order valence-corrected chi connectivity index (χ1v) is 6.18. The predicted molar refractivity (Wildman–Crippen MR) is 73.0 cm³/mol. The summed E-state index contributed by atoms with van der Waals surface area (Å²) in [6.45, 7) is 1.90. The van der Waals surface area contributed by atoms with E-state index < -0.39 is 0 Å². The third-order valence-electron chi connectivity index (χ3n) is 2.60. The van der Waals surface area contributed by atoms with Gasteiger partial charge in [0.2, 0.25) is 0 Å². The number of pyridine rings is 1. The quantitative estimate of drug-likeness (QED) is 0.899. The number of furan rings is 1. The van der Waals surface area contributed by atoms with Gasteiger partial charge in [-0.1, -0.05) is 11.6 Å². The lowest BCUT2D eigenvalue weighted by Crippen LogP contribution is -2.34. The lowest BCUT2D eigenvalue weighted by Gasteiger charge is -2.12. The van der Waals surface area contributed by atoms with Gasteiger partial charge >= 0.3 is 0 Å². The normalized spacial score (nSPS) is 12.1. The molecule has 0 aliphatic rings. The van der Waals surface area contributed by atoms with Gasteiger partial charge in [0.1, 0.15) is 11.6 Å². The summed E-state index contributed by atoms with van der Waals surface area (Å²) < 4.78 is 5.22. The van der Waals surface area contributed by atoms with Crippen LogP contribution < -0.4 is 11.1 Å². The number of nitrogens with one attached hydrogen (secondary N) is 1. The number of rotatable bonds is 4. The maximum absolute atomic E-state index is 12.0. The highest BCUT2D eigenvalue weighted by Crippen LogP contribution is 2.16. The summed E-state index contributed by atoms with van der Waals surface area (Å²) in [5.41, 5.74) is 5.87. The molecule has 3 N–H and O–H groups in total. The van der Waals surface area contributed by atoms with E-state index >= 15 is 0 Å². The molecule has 0 saturated carbocycles. The van der Waals surface area contributed by atoms with Crippen molar-refractivity contribution in [3.63, 3.8) is 0 Å². The van der Waals surface area contributed by atoms with E-state index in [-0.39, 0.29) is 22.8 Å². The Morgan fingerprint density at radius 3 is 3.05 bits per heavy atom. The Hall–Kier alpha value is -2.01. The summed E-state index contributed by atoms with van der Waals surface area (Å²) in [5.74, 6) is 0.788. The van der Waals surface area contributed by atoms with Gasteiger partial charge in [-0.25, -0.2) is 4.98 Å². The number of hydrogen-bond acceptors (Lipinski definition) is 4. The van der Waals surface area contributed by atoms with Gasteiger partial charge in [-0.15, -0.1) is 0 Å². The van der Waals surface area contributed by atoms with Gasteiger partial charge in [0.15, 0.2) is 0 Å². The zero-order chi connectivity index (χ0) is 13.8. The highest BCUT2D eigenvalue weighted by molar-refractivity contribution is 6.33. The number of nitrogens with zero attached hydrogens (tertiary/aromatic N) is 1. The van der Waals surface area contributed by atoms with Crippen LogP contribution in [-0.2, 0) is 6.42 Å². The van der Waals surface area contributed by atoms with Crippen molar-refractivity contribution >= 4 is 23.3 Å². The fourth-order valence-corrected chi connectivity index (χ4v) is 1.83. The number of hydrogen-bond donors (Lipinski definition) is 2. The topological polar surface area (TPSA) is 81.2 Å². The second kappa shape index (κ2) is 5.75. The van der Waals surface area contributed by atoms with E-state index in [1.54, 1.807) is 6.26 Å². The van der Waals surface area contributed by atoms with Crippen LogP contribution in [0.5, 0.6) is 0 Å². The van der Waals surface area contributed by atoms with Crippen LogP contribution in [0.3, 0.4) is 0 Å². The molecule has 0 radical (unpaired) electrons. The molecule has 0 fully saturated rings. The average molecular weight is 280 g/mol. The van der Waals surface area contributed by atoms with Gasteiger partial charge in [-0.3, -0.25) is 4.79 Å². The first kappa shape index (κ1) is 13.4. The van der Waals surface area contributed by atoms with E-state index in [0.29, 0.717) is 12.0 Å². The smallest absolute Gasteiger partial charge is 0.253 e. The van der Waals surface area contributed by atoms with Crippen molar-refractivity contribution in [3.05, 3.63) is 47.0 Å². The van der Waals surface area contributed by atoms with E-state index in [0.717, 1.165) is 5.76 Å². The molecule has 2 rings (SSSR count). The minimum Gasteiger partial charge on any atom is -0.469 e. The molecule has 2 aromatic heterocycles. The highest BCUT2D eigenvalue weighted by Gasteiger charge is 2.13. The van der Waals surface area contributed by atoms with Gasteiger partial charge in [-0.2, -0.15) is 0 Å². The Bertz CT molecular complexity index is 569. The van der Waals surface area contributed by atoms with Crippen LogP contribution in [-0.4, -0.2) is 16.9 Å². The monoisotopic (exact) mass is 279 g/mol. The van der Waals surface area contributed by atoms with Crippen molar-refractivity contribution in [2.24, 2.45) is 0 Å². The minimum atomic E-state index is -0.242. The number of carbonyl (C=O) groups is 1. The zero-order valence-electron chi connectivity index (χ0n) is 10.4. The molecule has 0 bridgehead atoms. The van der Waals surface area contributed by atoms with Crippen molar-refractivity contribution in [1.82, 2.24) is 10.3 Å². The van der Waals surface area contributed by atoms with Gasteiger partial charge in [0.05, 0.1) is 16.8 Å². The molecule has 0 aromatic carbocycles. The van der Waals surface area contributed by atoms with Crippen LogP contribution >= 0.6 is 11.6 Å². The summed E-state index contributed by atoms with van der Waals surface area (Å²) >= 11 is 5.83. The molecule has 0 spiro atoms. The minimum absolute atomic E-state index is 0.0602. The highest BCUT2D eigenvalue weighted by atomic mass is 35.5. The lowest BCUT2D eigenvalue weighted by molar-refractivity contribution is 0.0939. The molecule has 1 atom stereocenters. The summed E-state index contributed by atoms with van der Waals surface area (Å²) in [6, 6.07) is 5.12. The summed E-state index contributed by atoms with van der Waals surface area (Å²) in [6.07, 6.45) is 3.62. The molecule has 0 aliphatic carbocycles. The van der Waals surface area contributed by atoms with Crippen LogP contribution in [0.2, 0.25) is 5.02 Å². The number of amides is 1. The van der Waals surface area contributed by atoms with Crippen LogP contribution in [0, 0.1) is 0 Å². The number of nitrogen functional groups attached to an aromatic ring is 1. The second-order valence-electron chi connectivity index (χ2n) is 4.25. The second-order valence-corrected chi connectivity index (χ2v) is 4.66. The summed E-state index contributed by atoms with van der Waals surface area (Å²) in [4.78, 5) is 15.8. The molecule has 0 aliphatic heterocycles. The van der Waals surface area contributed by atoms with E-state index in [2.05, 4.69) is 10.3 Å². The first-order valence-electron chi connectivity index (χ1n) is 5.80. The van der Waals surface area contributed by atoms with Gasteiger partial charge in [0.25, 0.3) is 5.91 Å². The maximum Gasteiger partial charge on any atom is 0.253 e. The Labute approximate surface area is 115 Å². The van der Waals surface area contributed by atoms with Crippen molar-refractivity contribution in [2.45, 2.75) is 19.4 Å². The summed E-state index contributed by atoms with van der Waals surface area (Å²) in [7, 11) is 0. The number of nitrogens with two attached hydrogens (primary N) is 1. The molecular weight excluding hydrogens is 266 g/mol. The Morgan fingerprint density at radius 2 is 2.42 bits per heavy atom. The average Bonchev–Trinajstić information content (AvgIpc) is 2.85. The van der Waals surface area contributed by atoms with E-state index in [4.69, 9.17) is 21.8 Å². The lowest BCUT2D eigenvalue weighted by atomic mass is 10.2. The van der Waals surface area contributed by atoms with Crippen LogP contribution in [0.1, 0.15) is 23.0 Å². The van der Waals surface area contributed by atoms with Gasteiger partial charge in [0, 0.05) is 18.7 Å². The number of anilines is 1. The third kappa shape index (κ3) is 3.48. The Morgan fingerprint density at radius 1 is 1.63 bits per heavy atom. The molecule has 2 heterocycles. The van der Waals surface area contributed by atoms with Crippen molar-refractivity contribution < 1.29 is 9.21 Å². The third-order valence-corrected chi connectivity index (χ3v) is 2.90. The fourth-order valence-electron chi connectivity index (χ4n) is 1.66. The predicted octanol–water partition coefficient (Wildman–Crippen LogP) is 2.27. The SMILES string of the molecule is CC(Cc1ccco1)NC(=O)c1cnc(N)c(Cl)c1. The van der Waals surface area contributed by atoms with Crippen molar-refractivity contribution in [3.8, 4) is 0 Å². The summed E-state index contributed by atoms with van der Waals surface area (Å²) in [5, 5.41) is 3.11. The Balaban J connectivity index is 1.98. The molecule has 0 saturated heterocycles.